The van der Waals surface area contributed by atoms with Gasteiger partial charge in [0.2, 0.25) is 0 Å². The van der Waals surface area contributed by atoms with E-state index < -0.39 is 0 Å². The Kier molecular flexibility index (Phi) is 5.38. The molecule has 4 heteroatoms. The van der Waals surface area contributed by atoms with Gasteiger partial charge in [0.1, 0.15) is 0 Å². The van der Waals surface area contributed by atoms with E-state index in [2.05, 4.69) is 31.0 Å². The Morgan fingerprint density at radius 3 is 2.06 bits per heavy atom. The van der Waals surface area contributed by atoms with Crippen LogP contribution in [0.5, 0.6) is 0 Å². The quantitative estimate of drug-likeness (QED) is 0.755. The van der Waals surface area contributed by atoms with Crippen LogP contribution in [0.2, 0.25) is 0 Å². The van der Waals surface area contributed by atoms with E-state index in [0.29, 0.717) is 6.04 Å². The summed E-state index contributed by atoms with van der Waals surface area (Å²) < 4.78 is 10.9. The Morgan fingerprint density at radius 2 is 1.71 bits per heavy atom. The van der Waals surface area contributed by atoms with Crippen molar-refractivity contribution in [3.8, 4) is 0 Å². The third-order valence-corrected chi connectivity index (χ3v) is 4.13. The summed E-state index contributed by atoms with van der Waals surface area (Å²) in [6.45, 7) is 9.84. The summed E-state index contributed by atoms with van der Waals surface area (Å²) in [5.74, 6) is 0. The molecule has 0 aromatic carbocycles. The lowest BCUT2D eigenvalue weighted by Gasteiger charge is -2.35. The maximum atomic E-state index is 5.46. The highest BCUT2D eigenvalue weighted by molar-refractivity contribution is 4.90. The van der Waals surface area contributed by atoms with Crippen molar-refractivity contribution in [3.63, 3.8) is 0 Å². The third kappa shape index (κ3) is 3.65. The molecule has 1 heterocycles. The summed E-state index contributed by atoms with van der Waals surface area (Å²) >= 11 is 0. The summed E-state index contributed by atoms with van der Waals surface area (Å²) in [5.41, 5.74) is 0.246. The number of nitrogens with zero attached hydrogens (tertiary/aromatic N) is 1. The zero-order valence-electron chi connectivity index (χ0n) is 12.1. The van der Waals surface area contributed by atoms with Gasteiger partial charge in [-0.05, 0) is 19.4 Å². The monoisotopic (exact) mass is 244 g/mol. The third-order valence-electron chi connectivity index (χ3n) is 4.13. The molecule has 0 spiro atoms. The summed E-state index contributed by atoms with van der Waals surface area (Å²) in [6.07, 6.45) is 0.418. The molecule has 1 N–H and O–H groups in total. The van der Waals surface area contributed by atoms with E-state index in [4.69, 9.17) is 9.47 Å². The lowest BCUT2D eigenvalue weighted by Crippen LogP contribution is -2.45. The van der Waals surface area contributed by atoms with Crippen LogP contribution in [0.3, 0.4) is 0 Å². The lowest BCUT2D eigenvalue weighted by atomic mass is 9.85. The van der Waals surface area contributed by atoms with E-state index in [-0.39, 0.29) is 17.6 Å². The molecule has 0 bridgehead atoms. The SMILES string of the molecule is CNC(C)C(C)(C)CN1CC(OC)C(OC)C1. The van der Waals surface area contributed by atoms with Crippen LogP contribution in [0.4, 0.5) is 0 Å². The summed E-state index contributed by atoms with van der Waals surface area (Å²) in [6, 6.07) is 0.491. The summed E-state index contributed by atoms with van der Waals surface area (Å²) in [7, 11) is 5.55. The first-order valence-electron chi connectivity index (χ1n) is 6.39. The number of hydrogen-bond donors (Lipinski definition) is 1. The molecule has 0 amide bonds. The van der Waals surface area contributed by atoms with Crippen LogP contribution in [0.1, 0.15) is 20.8 Å². The average molecular weight is 244 g/mol. The fourth-order valence-electron chi connectivity index (χ4n) is 2.50. The number of hydrogen-bond acceptors (Lipinski definition) is 4. The molecule has 1 aliphatic rings. The second-order valence-electron chi connectivity index (χ2n) is 5.74. The topological polar surface area (TPSA) is 33.7 Å². The van der Waals surface area contributed by atoms with Gasteiger partial charge in [0.25, 0.3) is 0 Å². The van der Waals surface area contributed by atoms with Crippen LogP contribution >= 0.6 is 0 Å². The molecule has 17 heavy (non-hydrogen) atoms. The molecule has 1 fully saturated rings. The van der Waals surface area contributed by atoms with Crippen molar-refractivity contribution in [1.29, 1.82) is 0 Å². The van der Waals surface area contributed by atoms with E-state index in [1.165, 1.54) is 0 Å². The minimum atomic E-state index is 0.209. The van der Waals surface area contributed by atoms with Gasteiger partial charge in [-0.15, -0.1) is 0 Å². The molecule has 1 saturated heterocycles. The average Bonchev–Trinajstić information content (AvgIpc) is 2.69. The van der Waals surface area contributed by atoms with Gasteiger partial charge in [0.15, 0.2) is 0 Å². The van der Waals surface area contributed by atoms with Crippen molar-refractivity contribution >= 4 is 0 Å². The Bertz CT molecular complexity index is 221. The molecular weight excluding hydrogens is 216 g/mol. The first kappa shape index (κ1) is 14.9. The highest BCUT2D eigenvalue weighted by Gasteiger charge is 2.36. The molecule has 0 saturated carbocycles. The van der Waals surface area contributed by atoms with Crippen LogP contribution in [-0.2, 0) is 9.47 Å². The fraction of sp³-hybridized carbons (Fsp3) is 1.00. The maximum Gasteiger partial charge on any atom is 0.0971 e. The highest BCUT2D eigenvalue weighted by atomic mass is 16.5. The standard InChI is InChI=1S/C13H28N2O2/c1-10(14-4)13(2,3)9-15-7-11(16-5)12(8-15)17-6/h10-12,14H,7-9H2,1-6H3. The minimum Gasteiger partial charge on any atom is -0.377 e. The first-order valence-corrected chi connectivity index (χ1v) is 6.39. The number of nitrogens with one attached hydrogen (secondary N) is 1. The zero-order valence-corrected chi connectivity index (χ0v) is 12.1. The molecule has 1 aliphatic heterocycles. The predicted octanol–water partition coefficient (Wildman–Crippen LogP) is 0.966. The second-order valence-corrected chi connectivity index (χ2v) is 5.74. The first-order chi connectivity index (χ1) is 7.94. The Hall–Kier alpha value is -0.160. The molecular formula is C13H28N2O2. The van der Waals surface area contributed by atoms with Gasteiger partial charge in [-0.25, -0.2) is 0 Å². The van der Waals surface area contributed by atoms with Crippen molar-refractivity contribution in [1.82, 2.24) is 10.2 Å². The Balaban J connectivity index is 2.54. The van der Waals surface area contributed by atoms with Gasteiger partial charge in [0, 0.05) is 39.9 Å². The van der Waals surface area contributed by atoms with Gasteiger partial charge < -0.3 is 14.8 Å². The summed E-state index contributed by atoms with van der Waals surface area (Å²) in [4.78, 5) is 2.44. The predicted molar refractivity (Wildman–Crippen MR) is 70.3 cm³/mol. The van der Waals surface area contributed by atoms with Gasteiger partial charge in [-0.1, -0.05) is 13.8 Å². The number of ether oxygens (including phenoxy) is 2. The Labute approximate surface area is 106 Å². The minimum absolute atomic E-state index is 0.209. The molecule has 0 aromatic heterocycles. The van der Waals surface area contributed by atoms with Crippen LogP contribution in [0, 0.1) is 5.41 Å². The highest BCUT2D eigenvalue weighted by Crippen LogP contribution is 2.25. The molecule has 3 atom stereocenters. The van der Waals surface area contributed by atoms with Crippen LogP contribution in [0.25, 0.3) is 0 Å². The maximum absolute atomic E-state index is 5.46. The molecule has 0 radical (unpaired) electrons. The van der Waals surface area contributed by atoms with Crippen molar-refractivity contribution in [2.45, 2.75) is 39.0 Å². The van der Waals surface area contributed by atoms with Crippen LogP contribution < -0.4 is 5.32 Å². The molecule has 0 aromatic rings. The van der Waals surface area contributed by atoms with Crippen LogP contribution in [0.15, 0.2) is 0 Å². The van der Waals surface area contributed by atoms with E-state index in [1.807, 2.05) is 7.05 Å². The normalized spacial score (nSPS) is 28.6. The van der Waals surface area contributed by atoms with E-state index >= 15 is 0 Å². The van der Waals surface area contributed by atoms with Crippen molar-refractivity contribution < 1.29 is 9.47 Å². The fourth-order valence-corrected chi connectivity index (χ4v) is 2.50. The Morgan fingerprint density at radius 1 is 1.24 bits per heavy atom. The molecule has 0 aliphatic carbocycles. The van der Waals surface area contributed by atoms with Crippen molar-refractivity contribution in [2.75, 3.05) is 40.9 Å². The second kappa shape index (κ2) is 6.14. The largest absolute Gasteiger partial charge is 0.377 e. The van der Waals surface area contributed by atoms with E-state index in [0.717, 1.165) is 19.6 Å². The van der Waals surface area contributed by atoms with E-state index in [9.17, 15) is 0 Å². The van der Waals surface area contributed by atoms with Crippen molar-refractivity contribution in [3.05, 3.63) is 0 Å². The number of likely N-dealkylation sites (tertiary alicyclic amines) is 1. The molecule has 102 valence electrons. The number of methoxy groups -OCH3 is 2. The van der Waals surface area contributed by atoms with Crippen LogP contribution in [-0.4, -0.2) is 64.1 Å². The molecule has 3 unspecified atom stereocenters. The molecule has 1 rings (SSSR count). The zero-order chi connectivity index (χ0) is 13.1. The summed E-state index contributed by atoms with van der Waals surface area (Å²) in [5, 5.41) is 3.34. The van der Waals surface area contributed by atoms with Gasteiger partial charge in [0.05, 0.1) is 12.2 Å². The lowest BCUT2D eigenvalue weighted by molar-refractivity contribution is -0.00461. The number of rotatable bonds is 6. The smallest absolute Gasteiger partial charge is 0.0971 e. The van der Waals surface area contributed by atoms with Gasteiger partial charge in [-0.3, -0.25) is 4.90 Å². The van der Waals surface area contributed by atoms with Gasteiger partial charge in [-0.2, -0.15) is 0 Å². The molecule has 4 nitrogen and oxygen atoms in total. The van der Waals surface area contributed by atoms with Gasteiger partial charge >= 0.3 is 0 Å². The van der Waals surface area contributed by atoms with E-state index in [1.54, 1.807) is 14.2 Å². The van der Waals surface area contributed by atoms with Crippen molar-refractivity contribution in [2.24, 2.45) is 5.41 Å².